The molecule has 0 unspecified atom stereocenters. The molecule has 1 N–H and O–H groups in total. The van der Waals surface area contributed by atoms with Gasteiger partial charge in [0.1, 0.15) is 5.82 Å². The lowest BCUT2D eigenvalue weighted by Crippen LogP contribution is -2.59. The minimum absolute atomic E-state index is 0.00269. The number of benzene rings is 1. The molecule has 2 saturated heterocycles. The van der Waals surface area contributed by atoms with Gasteiger partial charge in [-0.25, -0.2) is 4.98 Å². The quantitative estimate of drug-likeness (QED) is 0.683. The Morgan fingerprint density at radius 1 is 1.06 bits per heavy atom. The molecule has 0 radical (unpaired) electrons. The summed E-state index contributed by atoms with van der Waals surface area (Å²) in [5.41, 5.74) is 3.97. The Balaban J connectivity index is 1.32. The molecule has 1 saturated carbocycles. The summed E-state index contributed by atoms with van der Waals surface area (Å²) >= 11 is 0. The summed E-state index contributed by atoms with van der Waals surface area (Å²) in [4.78, 5) is 23.1. The van der Waals surface area contributed by atoms with Gasteiger partial charge in [0.2, 0.25) is 5.91 Å². The number of anilines is 4. The Labute approximate surface area is 212 Å². The second kappa shape index (κ2) is 10.00. The van der Waals surface area contributed by atoms with E-state index >= 15 is 0 Å². The van der Waals surface area contributed by atoms with Gasteiger partial charge in [0.25, 0.3) is 0 Å². The fourth-order valence-corrected chi connectivity index (χ4v) is 6.14. The van der Waals surface area contributed by atoms with Crippen molar-refractivity contribution in [3.05, 3.63) is 42.1 Å². The third-order valence-electron chi connectivity index (χ3n) is 7.82. The first-order valence-corrected chi connectivity index (χ1v) is 13.3. The predicted octanol–water partition coefficient (Wildman–Crippen LogP) is 4.26. The van der Waals surface area contributed by atoms with Crippen LogP contribution in [0.1, 0.15) is 45.1 Å². The van der Waals surface area contributed by atoms with E-state index in [1.54, 1.807) is 6.20 Å². The van der Waals surface area contributed by atoms with Crippen LogP contribution in [0, 0.1) is 5.92 Å². The molecule has 0 atom stereocenters. The maximum atomic E-state index is 14.1. The molecule has 8 nitrogen and oxygen atoms in total. The number of hydrogen-bond donors (Lipinski definition) is 1. The number of fused-ring (bicyclic) bond motifs is 4. The van der Waals surface area contributed by atoms with Gasteiger partial charge < -0.3 is 29.3 Å². The van der Waals surface area contributed by atoms with Crippen LogP contribution in [0.25, 0.3) is 0 Å². The Kier molecular flexibility index (Phi) is 6.58. The van der Waals surface area contributed by atoms with Crippen LogP contribution in [-0.2, 0) is 25.5 Å². The summed E-state index contributed by atoms with van der Waals surface area (Å²) in [5.74, 6) is 1.01. The zero-order valence-electron chi connectivity index (χ0n) is 21.2. The van der Waals surface area contributed by atoms with Crippen LogP contribution in [-0.4, -0.2) is 61.6 Å². The van der Waals surface area contributed by atoms with Crippen LogP contribution < -0.4 is 15.1 Å². The van der Waals surface area contributed by atoms with Gasteiger partial charge in [-0.05, 0) is 63.8 Å². The lowest BCUT2D eigenvalue weighted by atomic mass is 9.86. The molecule has 192 valence electrons. The molecule has 36 heavy (non-hydrogen) atoms. The van der Waals surface area contributed by atoms with Gasteiger partial charge in [0, 0.05) is 23.4 Å². The first kappa shape index (κ1) is 23.7. The van der Waals surface area contributed by atoms with E-state index < -0.39 is 0 Å². The summed E-state index contributed by atoms with van der Waals surface area (Å²) in [7, 11) is 0. The van der Waals surface area contributed by atoms with Crippen LogP contribution >= 0.6 is 0 Å². The van der Waals surface area contributed by atoms with Crippen molar-refractivity contribution in [3.8, 4) is 0 Å². The number of ether oxygens (including phenoxy) is 3. The number of nitrogens with one attached hydrogen (secondary N) is 1. The Hall–Kier alpha value is -2.68. The van der Waals surface area contributed by atoms with Crippen molar-refractivity contribution in [2.45, 2.75) is 70.4 Å². The second-order valence-electron chi connectivity index (χ2n) is 10.7. The van der Waals surface area contributed by atoms with Crippen molar-refractivity contribution in [2.24, 2.45) is 5.92 Å². The lowest BCUT2D eigenvalue weighted by molar-refractivity contribution is -0.124. The van der Waals surface area contributed by atoms with Gasteiger partial charge in [-0.1, -0.05) is 6.07 Å². The number of hydrogen-bond acceptors (Lipinski definition) is 7. The van der Waals surface area contributed by atoms with E-state index in [1.807, 2.05) is 11.0 Å². The van der Waals surface area contributed by atoms with Gasteiger partial charge in [-0.2, -0.15) is 0 Å². The fourth-order valence-electron chi connectivity index (χ4n) is 6.14. The average molecular weight is 493 g/mol. The number of carbonyl (C=O) groups excluding carboxylic acids is 1. The van der Waals surface area contributed by atoms with Crippen LogP contribution in [0.5, 0.6) is 0 Å². The van der Waals surface area contributed by atoms with Crippen LogP contribution in [0.15, 0.2) is 36.5 Å². The number of pyridine rings is 1. The number of amides is 1. The Bertz CT molecular complexity index is 1080. The van der Waals surface area contributed by atoms with Crippen molar-refractivity contribution in [2.75, 3.05) is 41.5 Å². The first-order valence-electron chi connectivity index (χ1n) is 13.3. The Morgan fingerprint density at radius 3 is 2.47 bits per heavy atom. The third kappa shape index (κ3) is 4.58. The monoisotopic (exact) mass is 492 g/mol. The zero-order chi connectivity index (χ0) is 24.6. The predicted molar refractivity (Wildman–Crippen MR) is 139 cm³/mol. The van der Waals surface area contributed by atoms with Gasteiger partial charge in [0.05, 0.1) is 68.6 Å². The smallest absolute Gasteiger partial charge is 0.230 e. The molecule has 3 aliphatic heterocycles. The number of carbonyl (C=O) groups is 1. The minimum atomic E-state index is 0.00269. The SMILES string of the molecule is CC(C)OC1CCC(C(=O)N2Cc3cccnc3Nc3ccc(N4C5COCC4COC5)cc32)CC1. The van der Waals surface area contributed by atoms with Gasteiger partial charge >= 0.3 is 0 Å². The van der Waals surface area contributed by atoms with Gasteiger partial charge in [0.15, 0.2) is 0 Å². The molecule has 8 heteroatoms. The average Bonchev–Trinajstić information content (AvgIpc) is 3.04. The van der Waals surface area contributed by atoms with Crippen molar-refractivity contribution >= 4 is 28.8 Å². The normalized spacial score (nSPS) is 27.6. The molecule has 4 heterocycles. The highest BCUT2D eigenvalue weighted by Gasteiger charge is 2.37. The number of rotatable bonds is 4. The van der Waals surface area contributed by atoms with Crippen molar-refractivity contribution < 1.29 is 19.0 Å². The maximum Gasteiger partial charge on any atom is 0.230 e. The molecule has 3 fully saturated rings. The van der Waals surface area contributed by atoms with E-state index in [0.29, 0.717) is 33.0 Å². The summed E-state index contributed by atoms with van der Waals surface area (Å²) in [6, 6.07) is 10.8. The van der Waals surface area contributed by atoms with Crippen molar-refractivity contribution in [3.63, 3.8) is 0 Å². The largest absolute Gasteiger partial charge is 0.377 e. The minimum Gasteiger partial charge on any atom is -0.377 e. The highest BCUT2D eigenvalue weighted by Crippen LogP contribution is 2.41. The van der Waals surface area contributed by atoms with Crippen molar-refractivity contribution in [1.29, 1.82) is 0 Å². The fraction of sp³-hybridized carbons (Fsp3) is 0.571. The summed E-state index contributed by atoms with van der Waals surface area (Å²) in [5, 5.41) is 3.51. The van der Waals surface area contributed by atoms with E-state index in [0.717, 1.165) is 54.1 Å². The molecule has 1 aromatic heterocycles. The topological polar surface area (TPSA) is 76.2 Å². The third-order valence-corrected chi connectivity index (χ3v) is 7.82. The summed E-state index contributed by atoms with van der Waals surface area (Å²) < 4.78 is 17.7. The highest BCUT2D eigenvalue weighted by atomic mass is 16.5. The van der Waals surface area contributed by atoms with Crippen LogP contribution in [0.4, 0.5) is 22.9 Å². The zero-order valence-corrected chi connectivity index (χ0v) is 21.2. The molecular formula is C28H36N4O4. The first-order chi connectivity index (χ1) is 17.6. The standard InChI is InChI=1S/C28H36N4O4/c1-18(2)36-24-8-5-19(6-9-24)28(33)31-13-20-4-3-11-29-27(20)30-25-10-7-21(12-26(25)31)32-22-14-34-16-23(32)17-35-15-22/h3-4,7,10-12,18-19,22-24H,5-6,8-9,13-17H2,1-2H3,(H,29,30). The second-order valence-corrected chi connectivity index (χ2v) is 10.7. The van der Waals surface area contributed by atoms with Crippen LogP contribution in [0.2, 0.25) is 0 Å². The van der Waals surface area contributed by atoms with E-state index in [-0.39, 0.29) is 36.1 Å². The molecular weight excluding hydrogens is 456 g/mol. The molecule has 2 bridgehead atoms. The van der Waals surface area contributed by atoms with E-state index in [1.165, 1.54) is 0 Å². The maximum absolute atomic E-state index is 14.1. The molecule has 0 spiro atoms. The molecule has 2 aromatic rings. The molecule has 1 amide bonds. The van der Waals surface area contributed by atoms with Gasteiger partial charge in [-0.15, -0.1) is 0 Å². The molecule has 4 aliphatic rings. The number of nitrogens with zero attached hydrogens (tertiary/aromatic N) is 3. The van der Waals surface area contributed by atoms with E-state index in [9.17, 15) is 4.79 Å². The number of aromatic nitrogens is 1. The molecule has 6 rings (SSSR count). The van der Waals surface area contributed by atoms with Crippen LogP contribution in [0.3, 0.4) is 0 Å². The van der Waals surface area contributed by atoms with E-state index in [2.05, 4.69) is 53.3 Å². The molecule has 1 aliphatic carbocycles. The van der Waals surface area contributed by atoms with Crippen molar-refractivity contribution in [1.82, 2.24) is 4.98 Å². The summed E-state index contributed by atoms with van der Waals surface area (Å²) in [6.07, 6.45) is 5.86. The highest BCUT2D eigenvalue weighted by molar-refractivity contribution is 6.00. The summed E-state index contributed by atoms with van der Waals surface area (Å²) in [6.45, 7) is 7.30. The molecule has 1 aromatic carbocycles. The Morgan fingerprint density at radius 2 is 1.78 bits per heavy atom. The number of morpholine rings is 2. The van der Waals surface area contributed by atoms with Gasteiger partial charge in [-0.3, -0.25) is 4.79 Å². The van der Waals surface area contributed by atoms with E-state index in [4.69, 9.17) is 14.2 Å². The lowest BCUT2D eigenvalue weighted by Gasteiger charge is -2.47.